The van der Waals surface area contributed by atoms with Crippen molar-refractivity contribution in [1.29, 1.82) is 0 Å². The molecule has 6 heteroatoms. The van der Waals surface area contributed by atoms with Gasteiger partial charge in [0, 0.05) is 19.1 Å². The molecule has 140 valence electrons. The van der Waals surface area contributed by atoms with Crippen LogP contribution in [0.3, 0.4) is 0 Å². The van der Waals surface area contributed by atoms with Gasteiger partial charge >= 0.3 is 0 Å². The molecule has 2 aliphatic heterocycles. The van der Waals surface area contributed by atoms with Crippen molar-refractivity contribution in [2.24, 2.45) is 0 Å². The second kappa shape index (κ2) is 7.41. The van der Waals surface area contributed by atoms with Crippen molar-refractivity contribution in [1.82, 2.24) is 4.90 Å². The van der Waals surface area contributed by atoms with Gasteiger partial charge in [0.25, 0.3) is 0 Å². The summed E-state index contributed by atoms with van der Waals surface area (Å²) in [6.45, 7) is 7.39. The van der Waals surface area contributed by atoms with Crippen molar-refractivity contribution < 1.29 is 18.6 Å². The molecule has 0 N–H and O–H groups in total. The van der Waals surface area contributed by atoms with Crippen LogP contribution in [0.5, 0.6) is 11.5 Å². The molecule has 3 rings (SSSR count). The van der Waals surface area contributed by atoms with Gasteiger partial charge in [0.15, 0.2) is 11.5 Å². The lowest BCUT2D eigenvalue weighted by Crippen LogP contribution is -2.47. The Balaban J connectivity index is 1.86. The number of hydrogen-bond acceptors (Lipinski definition) is 4. The largest absolute Gasteiger partial charge is 0.493 e. The lowest BCUT2D eigenvalue weighted by Gasteiger charge is -2.45. The Hall–Kier alpha value is -0.850. The number of alkyl halides is 1. The Kier molecular flexibility index (Phi) is 5.61. The zero-order chi connectivity index (χ0) is 18.2. The van der Waals surface area contributed by atoms with Crippen molar-refractivity contribution in [3.05, 3.63) is 21.7 Å². The van der Waals surface area contributed by atoms with Gasteiger partial charge in [-0.05, 0) is 73.2 Å². The summed E-state index contributed by atoms with van der Waals surface area (Å²) < 4.78 is 30.4. The average Bonchev–Trinajstić information content (AvgIpc) is 2.55. The number of ether oxygens (including phenoxy) is 3. The molecular weight excluding hydrogens is 389 g/mol. The summed E-state index contributed by atoms with van der Waals surface area (Å²) in [6.07, 6.45) is 3.27. The fourth-order valence-electron chi connectivity index (χ4n) is 4.02. The maximum atomic E-state index is 12.7. The van der Waals surface area contributed by atoms with Crippen LogP contribution in [-0.4, -0.2) is 43.7 Å². The first-order chi connectivity index (χ1) is 11.8. The van der Waals surface area contributed by atoms with Crippen molar-refractivity contribution in [2.45, 2.75) is 57.8 Å². The smallest absolute Gasteiger partial charge is 0.228 e. The fourth-order valence-corrected chi connectivity index (χ4v) is 4.75. The Morgan fingerprint density at radius 1 is 1.32 bits per heavy atom. The minimum atomic E-state index is -0.866. The second-order valence-corrected chi connectivity index (χ2v) is 8.53. The van der Waals surface area contributed by atoms with Gasteiger partial charge in [-0.25, -0.2) is 4.39 Å². The van der Waals surface area contributed by atoms with E-state index in [-0.39, 0.29) is 11.7 Å². The Labute approximate surface area is 157 Å². The molecule has 1 aromatic carbocycles. The summed E-state index contributed by atoms with van der Waals surface area (Å²) in [6, 6.07) is 2.38. The summed E-state index contributed by atoms with van der Waals surface area (Å²) >= 11 is 3.61. The summed E-state index contributed by atoms with van der Waals surface area (Å²) in [5, 5.41) is 0. The topological polar surface area (TPSA) is 30.9 Å². The molecule has 2 heterocycles. The Morgan fingerprint density at radius 2 is 2.08 bits per heavy atom. The highest BCUT2D eigenvalue weighted by molar-refractivity contribution is 9.10. The molecular formula is C19H27BrFNO3. The van der Waals surface area contributed by atoms with Gasteiger partial charge < -0.3 is 14.2 Å². The van der Waals surface area contributed by atoms with E-state index in [2.05, 4.69) is 41.6 Å². The molecule has 0 spiro atoms. The molecule has 1 fully saturated rings. The van der Waals surface area contributed by atoms with E-state index in [1.54, 1.807) is 7.11 Å². The molecule has 0 bridgehead atoms. The van der Waals surface area contributed by atoms with Crippen molar-refractivity contribution in [2.75, 3.05) is 27.1 Å². The lowest BCUT2D eigenvalue weighted by molar-refractivity contribution is -0.0972. The number of nitrogens with zero attached hydrogens (tertiary/aromatic N) is 1. The SMILES string of the molecule is COc1cc2c(c(Br)c1OCF)CCN1CC(OC(C)(C)C)CCC21. The van der Waals surface area contributed by atoms with Crippen molar-refractivity contribution in [3.8, 4) is 11.5 Å². The van der Waals surface area contributed by atoms with Gasteiger partial charge in [-0.3, -0.25) is 4.90 Å². The van der Waals surface area contributed by atoms with Crippen molar-refractivity contribution in [3.63, 3.8) is 0 Å². The van der Waals surface area contributed by atoms with Gasteiger partial charge in [0.05, 0.1) is 23.3 Å². The van der Waals surface area contributed by atoms with Crippen LogP contribution < -0.4 is 9.47 Å². The molecule has 1 saturated heterocycles. The van der Waals surface area contributed by atoms with Crippen LogP contribution in [0.15, 0.2) is 10.5 Å². The quantitative estimate of drug-likeness (QED) is 0.716. The van der Waals surface area contributed by atoms with E-state index in [1.807, 2.05) is 6.07 Å². The van der Waals surface area contributed by atoms with Gasteiger partial charge in [0.2, 0.25) is 6.86 Å². The van der Waals surface area contributed by atoms with Crippen LogP contribution >= 0.6 is 15.9 Å². The summed E-state index contributed by atoms with van der Waals surface area (Å²) in [4.78, 5) is 2.50. The molecule has 0 saturated carbocycles. The fraction of sp³-hybridized carbons (Fsp3) is 0.684. The molecule has 1 aromatic rings. The minimum Gasteiger partial charge on any atom is -0.493 e. The molecule has 2 aliphatic rings. The molecule has 0 radical (unpaired) electrons. The first kappa shape index (κ1) is 18.9. The predicted octanol–water partition coefficient (Wildman–Crippen LogP) is 4.64. The number of benzene rings is 1. The predicted molar refractivity (Wildman–Crippen MR) is 99.2 cm³/mol. The summed E-state index contributed by atoms with van der Waals surface area (Å²) in [7, 11) is 1.59. The van der Waals surface area contributed by atoms with E-state index < -0.39 is 6.86 Å². The Bertz CT molecular complexity index is 632. The number of halogens is 2. The third-order valence-electron chi connectivity index (χ3n) is 4.91. The Morgan fingerprint density at radius 3 is 2.72 bits per heavy atom. The van der Waals surface area contributed by atoms with Gasteiger partial charge in [0.1, 0.15) is 0 Å². The van der Waals surface area contributed by atoms with Crippen LogP contribution in [0.2, 0.25) is 0 Å². The lowest BCUT2D eigenvalue weighted by atomic mass is 9.85. The van der Waals surface area contributed by atoms with Gasteiger partial charge in [-0.15, -0.1) is 0 Å². The maximum absolute atomic E-state index is 12.7. The van der Waals surface area contributed by atoms with E-state index in [9.17, 15) is 4.39 Å². The van der Waals surface area contributed by atoms with Crippen LogP contribution in [0.4, 0.5) is 4.39 Å². The van der Waals surface area contributed by atoms with Gasteiger partial charge in [-0.1, -0.05) is 0 Å². The normalized spacial score (nSPS) is 23.8. The number of rotatable bonds is 4. The average molecular weight is 416 g/mol. The van der Waals surface area contributed by atoms with E-state index in [1.165, 1.54) is 11.1 Å². The second-order valence-electron chi connectivity index (χ2n) is 7.73. The number of piperidine rings is 1. The van der Waals surface area contributed by atoms with Crippen LogP contribution in [-0.2, 0) is 11.2 Å². The highest BCUT2D eigenvalue weighted by Gasteiger charge is 2.37. The number of fused-ring (bicyclic) bond motifs is 3. The maximum Gasteiger partial charge on any atom is 0.228 e. The number of hydrogen-bond donors (Lipinski definition) is 0. The summed E-state index contributed by atoms with van der Waals surface area (Å²) in [5.41, 5.74) is 2.35. The third-order valence-corrected chi connectivity index (χ3v) is 5.75. The minimum absolute atomic E-state index is 0.115. The third kappa shape index (κ3) is 3.96. The van der Waals surface area contributed by atoms with Gasteiger partial charge in [-0.2, -0.15) is 0 Å². The van der Waals surface area contributed by atoms with E-state index >= 15 is 0 Å². The van der Waals surface area contributed by atoms with E-state index in [0.717, 1.165) is 36.8 Å². The van der Waals surface area contributed by atoms with Crippen LogP contribution in [0.1, 0.15) is 50.8 Å². The zero-order valence-electron chi connectivity index (χ0n) is 15.4. The zero-order valence-corrected chi connectivity index (χ0v) is 17.0. The summed E-state index contributed by atoms with van der Waals surface area (Å²) in [5.74, 6) is 1.04. The highest BCUT2D eigenvalue weighted by atomic mass is 79.9. The molecule has 2 atom stereocenters. The molecule has 25 heavy (non-hydrogen) atoms. The van der Waals surface area contributed by atoms with Crippen LogP contribution in [0, 0.1) is 0 Å². The molecule has 0 aliphatic carbocycles. The first-order valence-electron chi connectivity index (χ1n) is 8.84. The highest BCUT2D eigenvalue weighted by Crippen LogP contribution is 2.47. The van der Waals surface area contributed by atoms with Crippen molar-refractivity contribution >= 4 is 15.9 Å². The van der Waals surface area contributed by atoms with E-state index in [4.69, 9.17) is 14.2 Å². The van der Waals surface area contributed by atoms with E-state index in [0.29, 0.717) is 17.5 Å². The molecule has 2 unspecified atom stereocenters. The molecule has 0 aromatic heterocycles. The standard InChI is InChI=1S/C19H27BrFNO3/c1-19(2,3)25-12-5-6-15-14-9-16(23-4)18(24-11-21)17(20)13(14)7-8-22(15)10-12/h9,12,15H,5-8,10-11H2,1-4H3. The van der Waals surface area contributed by atoms with Crippen LogP contribution in [0.25, 0.3) is 0 Å². The first-order valence-corrected chi connectivity index (χ1v) is 9.63. The number of methoxy groups -OCH3 is 1. The monoisotopic (exact) mass is 415 g/mol. The molecule has 4 nitrogen and oxygen atoms in total. The molecule has 0 amide bonds.